The van der Waals surface area contributed by atoms with Gasteiger partial charge in [-0.15, -0.1) is 5.56 Å². The smallest absolute Gasteiger partial charge is 0.482 e. The average molecular weight is 2260 g/mol. The van der Waals surface area contributed by atoms with Crippen LogP contribution in [0.25, 0.3) is 44.8 Å². The maximum atomic E-state index is 13.1. The zero-order valence-corrected chi connectivity index (χ0v) is 82.5. The Labute approximate surface area is 744 Å². The third-order valence-electron chi connectivity index (χ3n) is 13.7. The monoisotopic (exact) mass is 2250 g/mol. The Hall–Kier alpha value is 0.323. The van der Waals surface area contributed by atoms with Crippen LogP contribution in [0.2, 0.25) is 0 Å². The average Bonchev–Trinajstić information content (AvgIpc) is 1.63. The van der Waals surface area contributed by atoms with Gasteiger partial charge in [0, 0.05) is 122 Å². The molecule has 3 radical (unpaired) electrons. The van der Waals surface area contributed by atoms with Crippen LogP contribution in [0.1, 0.15) is 123 Å². The van der Waals surface area contributed by atoms with Crippen LogP contribution in [0.3, 0.4) is 0 Å². The number of allylic oxidation sites excluding steroid dienone is 2. The number of hydrogen-bond donors (Lipinski definition) is 2. The third-order valence-corrected chi connectivity index (χ3v) is 22.1. The third kappa shape index (κ3) is 33.6. The Balaban J connectivity index is -0.000000552. The van der Waals surface area contributed by atoms with E-state index in [-0.39, 0.29) is 105 Å². The summed E-state index contributed by atoms with van der Waals surface area (Å²) in [6.07, 6.45) is 0. The Morgan fingerprint density at radius 3 is 1.07 bits per heavy atom. The second-order valence-corrected chi connectivity index (χ2v) is 41.2. The minimum atomic E-state index is -1.02. The summed E-state index contributed by atoms with van der Waals surface area (Å²) in [5.41, 5.74) is 13.8. The van der Waals surface area contributed by atoms with Crippen molar-refractivity contribution in [2.24, 2.45) is 4.99 Å². The van der Waals surface area contributed by atoms with Crippen LogP contribution in [-0.4, -0.2) is 95.8 Å². The number of carbonyl (C=O) groups is 2. The summed E-state index contributed by atoms with van der Waals surface area (Å²) in [6, 6.07) is 50.7. The molecule has 2 N–H and O–H groups in total. The van der Waals surface area contributed by atoms with Gasteiger partial charge in [0.2, 0.25) is 0 Å². The Morgan fingerprint density at radius 1 is 0.582 bits per heavy atom. The van der Waals surface area contributed by atoms with E-state index in [0.717, 1.165) is 87.5 Å². The van der Waals surface area contributed by atoms with E-state index in [4.69, 9.17) is 61.2 Å². The predicted molar refractivity (Wildman–Crippen MR) is 470 cm³/mol. The molecule has 0 fully saturated rings. The fourth-order valence-corrected chi connectivity index (χ4v) is 9.54. The number of likely N-dealkylation sites (N-methyl/N-ethyl adjacent to an activating group) is 2. The molecule has 2 aliphatic heterocycles. The van der Waals surface area contributed by atoms with Crippen molar-refractivity contribution in [3.63, 3.8) is 0 Å². The Bertz CT molecular complexity index is 3630. The van der Waals surface area contributed by atoms with E-state index in [0.29, 0.717) is 12.9 Å². The molecule has 531 valence electrons. The van der Waals surface area contributed by atoms with Crippen LogP contribution in [0.5, 0.6) is 5.75 Å². The molecule has 23 heteroatoms. The first-order chi connectivity index (χ1) is 43.8. The Kier molecular flexibility index (Phi) is 53.5. The van der Waals surface area contributed by atoms with Gasteiger partial charge in [0.25, 0.3) is 0 Å². The quantitative estimate of drug-likeness (QED) is 0.0508. The summed E-state index contributed by atoms with van der Waals surface area (Å²) in [7, 11) is 7.41. The topological polar surface area (TPSA) is 120 Å². The van der Waals surface area contributed by atoms with Gasteiger partial charge < -0.3 is 39.4 Å². The molecule has 1 aliphatic carbocycles. The SMILES string of the molecule is CC.CC.CC(C)(I)I.CC(I)(I)CI.CN=C(C)C.COc1ccc(-c2c(-c3ccc(Br)cc3)c2=O)cc1.Cc1ccc(C2=C(c3cc[c-]cc3)C(=O)C(C)(C)N2C)cc1.Cc1ccc(C2=C(c3ccc(Br)cc3)C(=O)C(C)(C)N2C)cc1.ClC1=C(Cl)C1(Cl)Cl.O[B]O.[CH3-].[CH3-].[Y].[Y]. The molecule has 3 aliphatic rings. The van der Waals surface area contributed by atoms with Crippen molar-refractivity contribution in [1.29, 1.82) is 0 Å². The molecule has 0 spiro atoms. The number of carbonyl (C=O) groups excluding carboxylic acids is 2. The van der Waals surface area contributed by atoms with Crippen LogP contribution in [-0.2, 0) is 75.0 Å². The van der Waals surface area contributed by atoms with Crippen LogP contribution in [0, 0.1) is 34.8 Å². The van der Waals surface area contributed by atoms with Crippen molar-refractivity contribution in [2.45, 2.75) is 122 Å². The van der Waals surface area contributed by atoms with E-state index in [1.807, 2.05) is 180 Å². The number of Topliss-reactive ketones (excluding diaryl/α,β-unsaturated/α-hetero) is 2. The molecule has 7 aromatic rings. The summed E-state index contributed by atoms with van der Waals surface area (Å²) in [6.45, 7) is 30.5. The van der Waals surface area contributed by atoms with Crippen molar-refractivity contribution >= 4 is 239 Å². The van der Waals surface area contributed by atoms with Gasteiger partial charge in [-0.1, -0.05) is 315 Å². The van der Waals surface area contributed by atoms with Crippen LogP contribution >= 0.6 is 191 Å². The summed E-state index contributed by atoms with van der Waals surface area (Å²) in [4.78, 5) is 46.0. The van der Waals surface area contributed by atoms with E-state index in [1.165, 1.54) is 15.6 Å². The minimum Gasteiger partial charge on any atom is -0.497 e. The fraction of sp³-hybridized carbons (Fsp3) is 0.333. The summed E-state index contributed by atoms with van der Waals surface area (Å²) in [5.74, 6) is 1.12. The molecule has 0 saturated carbocycles. The minimum absolute atomic E-state index is 0. The number of hydrogen-bond acceptors (Lipinski definition) is 9. The molecule has 7 aromatic carbocycles. The number of methoxy groups -OCH3 is 1. The van der Waals surface area contributed by atoms with Crippen LogP contribution in [0.4, 0.5) is 0 Å². The molecule has 0 amide bonds. The Morgan fingerprint density at radius 2 is 0.827 bits per heavy atom. The summed E-state index contributed by atoms with van der Waals surface area (Å²) < 4.78 is 8.23. The molecule has 2 heterocycles. The van der Waals surface area contributed by atoms with Crippen molar-refractivity contribution in [1.82, 2.24) is 9.80 Å². The van der Waals surface area contributed by atoms with Gasteiger partial charge >= 0.3 is 7.69 Å². The first kappa shape index (κ1) is 105. The van der Waals surface area contributed by atoms with Gasteiger partial charge in [0.15, 0.2) is 21.3 Å². The predicted octanol–water partition coefficient (Wildman–Crippen LogP) is 23.9. The number of ketones is 2. The van der Waals surface area contributed by atoms with Gasteiger partial charge in [-0.05, 0) is 140 Å². The molecule has 10 rings (SSSR count). The van der Waals surface area contributed by atoms with E-state index >= 15 is 0 Å². The van der Waals surface area contributed by atoms with Crippen molar-refractivity contribution in [3.05, 3.63) is 229 Å². The maximum absolute atomic E-state index is 13.1. The van der Waals surface area contributed by atoms with Crippen molar-refractivity contribution in [3.8, 4) is 28.0 Å². The van der Waals surface area contributed by atoms with E-state index in [1.54, 1.807) is 14.2 Å². The van der Waals surface area contributed by atoms with Crippen molar-refractivity contribution in [2.75, 3.05) is 32.7 Å². The van der Waals surface area contributed by atoms with Crippen molar-refractivity contribution < 1.29 is 89.8 Å². The van der Waals surface area contributed by atoms with Gasteiger partial charge in [-0.3, -0.25) is 19.4 Å². The number of benzene rings is 6. The van der Waals surface area contributed by atoms with E-state index in [2.05, 4.69) is 249 Å². The number of ether oxygens (including phenoxy) is 1. The molecule has 0 unspecified atom stereocenters. The number of nitrogens with zero attached hydrogens (tertiary/aromatic N) is 3. The van der Waals surface area contributed by atoms with Gasteiger partial charge in [-0.25, -0.2) is 0 Å². The molecule has 0 bridgehead atoms. The largest absolute Gasteiger partial charge is 0.497 e. The van der Waals surface area contributed by atoms with E-state index in [9.17, 15) is 14.4 Å². The fourth-order valence-electron chi connectivity index (χ4n) is 8.11. The van der Waals surface area contributed by atoms with Gasteiger partial charge in [0.1, 0.15) is 5.75 Å². The van der Waals surface area contributed by atoms with Crippen LogP contribution in [0.15, 0.2) is 174 Å². The maximum Gasteiger partial charge on any atom is 0.482 e. The first-order valence-corrected chi connectivity index (χ1v) is 38.6. The zero-order chi connectivity index (χ0) is 72.4. The molecule has 0 aromatic heterocycles. The first-order valence-electron chi connectivity index (χ1n) is 29.6. The number of aryl methyl sites for hydroxylation is 2. The number of halogens is 11. The number of aliphatic imine (C=N–C) groups is 1. The molecular formula is C75H91BBr2Cl4I5N3O6Y2-3. The summed E-state index contributed by atoms with van der Waals surface area (Å²) >= 11 is 40.2. The normalized spacial score (nSPS) is 13.8. The van der Waals surface area contributed by atoms with Gasteiger partial charge in [-0.2, -0.15) is 30.3 Å². The van der Waals surface area contributed by atoms with Gasteiger partial charge in [0.05, 0.1) is 48.1 Å². The molecule has 0 saturated heterocycles. The van der Waals surface area contributed by atoms with Crippen LogP contribution < -0.4 is 10.2 Å². The van der Waals surface area contributed by atoms with E-state index < -0.39 is 15.4 Å². The molecule has 0 atom stereocenters. The summed E-state index contributed by atoms with van der Waals surface area (Å²) in [5, 5.41) is 14.7. The molecule has 9 nitrogen and oxygen atoms in total. The number of alkyl halides is 7. The number of rotatable bonds is 8. The second kappa shape index (κ2) is 50.0. The second-order valence-electron chi connectivity index (χ2n) is 22.2. The molecule has 98 heavy (non-hydrogen) atoms. The standard InChI is InChI=1S/C20H20BrNO.C20H20NO.C16H11BrO2.C4H9N.C3Cl4.C3H5I3.C3H6I2.2C2H6.2CH3.BH2O2.2Y/c1-13-5-7-15(8-6-13)18-17(14-9-11-16(21)12-10-14)19(23)20(2,3)22(18)4;1-14-10-12-16(13-11-14)18-17(15-8-6-5-7-9-15)19(22)20(2,3)21(18)4;1-19-13-8-4-11(5-9-13)15-14(16(15)18)10-2-6-12(17)7-3-10;1-4(2)5-3;4-1-2(5)3(1,6)7;1-3(5,6)2-4;1-3(2,4)5;2*1-2;;;2-1-3;;/h5-12H,1-4H3;6-13H,1-4H3;2-9H,1H3;1-3H3;;2H2,1H3;1-2H3;2*1-2H3;2*1H3;2-3H;;/q;-1;;;;;;;;2*-1;;;. The zero-order valence-electron chi connectivity index (χ0n) is 59.8. The molecular weight excluding hydrogens is 2160 g/mol.